The van der Waals surface area contributed by atoms with Crippen molar-refractivity contribution in [1.29, 1.82) is 0 Å². The van der Waals surface area contributed by atoms with Gasteiger partial charge < -0.3 is 5.73 Å². The number of nitrogen functional groups attached to an aromatic ring is 1. The van der Waals surface area contributed by atoms with E-state index in [1.54, 1.807) is 18.2 Å². The second kappa shape index (κ2) is 4.09. The van der Waals surface area contributed by atoms with Crippen molar-refractivity contribution in [2.75, 3.05) is 5.73 Å². The van der Waals surface area contributed by atoms with Crippen molar-refractivity contribution < 1.29 is 4.39 Å². The Hall–Kier alpha value is -2.36. The van der Waals surface area contributed by atoms with Gasteiger partial charge in [-0.2, -0.15) is 0 Å². The van der Waals surface area contributed by atoms with Gasteiger partial charge in [0, 0.05) is 5.69 Å². The second-order valence-corrected chi connectivity index (χ2v) is 4.70. The van der Waals surface area contributed by atoms with Gasteiger partial charge in [-0.05, 0) is 49.7 Å². The summed E-state index contributed by atoms with van der Waals surface area (Å²) in [4.78, 5) is 4.43. The SMILES string of the molecule is Cc1ccc(-n2c(C)nc3cc(N)ccc32)c(F)c1. The van der Waals surface area contributed by atoms with Crippen molar-refractivity contribution in [2.45, 2.75) is 13.8 Å². The van der Waals surface area contributed by atoms with Crippen LogP contribution in [0.2, 0.25) is 0 Å². The van der Waals surface area contributed by atoms with E-state index in [1.807, 2.05) is 30.5 Å². The molecule has 3 aromatic rings. The lowest BCUT2D eigenvalue weighted by Crippen LogP contribution is -2.00. The smallest absolute Gasteiger partial charge is 0.147 e. The molecule has 0 fully saturated rings. The van der Waals surface area contributed by atoms with Crippen LogP contribution in [-0.2, 0) is 0 Å². The molecule has 0 unspecified atom stereocenters. The summed E-state index contributed by atoms with van der Waals surface area (Å²) >= 11 is 0. The first kappa shape index (κ1) is 11.7. The van der Waals surface area contributed by atoms with Crippen LogP contribution in [0.3, 0.4) is 0 Å². The molecule has 0 aliphatic rings. The van der Waals surface area contributed by atoms with E-state index >= 15 is 0 Å². The van der Waals surface area contributed by atoms with Gasteiger partial charge in [-0.25, -0.2) is 9.37 Å². The average molecular weight is 255 g/mol. The highest BCUT2D eigenvalue weighted by atomic mass is 19.1. The molecule has 0 amide bonds. The number of nitrogens with zero attached hydrogens (tertiary/aromatic N) is 2. The van der Waals surface area contributed by atoms with E-state index in [0.717, 1.165) is 22.4 Å². The van der Waals surface area contributed by atoms with Crippen LogP contribution in [0.4, 0.5) is 10.1 Å². The van der Waals surface area contributed by atoms with Gasteiger partial charge in [-0.3, -0.25) is 4.57 Å². The van der Waals surface area contributed by atoms with Gasteiger partial charge >= 0.3 is 0 Å². The molecule has 0 spiro atoms. The molecule has 0 bridgehead atoms. The first-order valence-electron chi connectivity index (χ1n) is 6.07. The quantitative estimate of drug-likeness (QED) is 0.677. The zero-order valence-corrected chi connectivity index (χ0v) is 10.8. The van der Waals surface area contributed by atoms with E-state index in [-0.39, 0.29) is 5.82 Å². The molecule has 0 aliphatic carbocycles. The molecule has 0 saturated heterocycles. The van der Waals surface area contributed by atoms with E-state index in [9.17, 15) is 4.39 Å². The predicted molar refractivity (Wildman–Crippen MR) is 74.9 cm³/mol. The standard InChI is InChI=1S/C15H14FN3/c1-9-3-5-14(12(16)7-9)19-10(2)18-13-8-11(17)4-6-15(13)19/h3-8H,17H2,1-2H3. The van der Waals surface area contributed by atoms with Crippen molar-refractivity contribution in [1.82, 2.24) is 9.55 Å². The third-order valence-electron chi connectivity index (χ3n) is 3.19. The third kappa shape index (κ3) is 1.85. The summed E-state index contributed by atoms with van der Waals surface area (Å²) in [5.74, 6) is 0.488. The fourth-order valence-electron chi connectivity index (χ4n) is 2.32. The third-order valence-corrected chi connectivity index (χ3v) is 3.19. The van der Waals surface area contributed by atoms with Gasteiger partial charge in [-0.1, -0.05) is 6.07 Å². The number of anilines is 1. The Balaban J connectivity index is 2.33. The lowest BCUT2D eigenvalue weighted by Gasteiger charge is -2.09. The number of fused-ring (bicyclic) bond motifs is 1. The number of imidazole rings is 1. The summed E-state index contributed by atoms with van der Waals surface area (Å²) in [5.41, 5.74) is 9.44. The molecule has 1 heterocycles. The van der Waals surface area contributed by atoms with Crippen molar-refractivity contribution in [2.24, 2.45) is 0 Å². The number of rotatable bonds is 1. The first-order valence-corrected chi connectivity index (χ1v) is 6.07. The van der Waals surface area contributed by atoms with Crippen LogP contribution in [-0.4, -0.2) is 9.55 Å². The number of benzene rings is 2. The molecule has 0 aliphatic heterocycles. The molecule has 19 heavy (non-hydrogen) atoms. The van der Waals surface area contributed by atoms with Gasteiger partial charge in [0.15, 0.2) is 0 Å². The topological polar surface area (TPSA) is 43.8 Å². The highest BCUT2D eigenvalue weighted by molar-refractivity contribution is 5.81. The number of hydrogen-bond acceptors (Lipinski definition) is 2. The number of aromatic nitrogens is 2. The van der Waals surface area contributed by atoms with E-state index < -0.39 is 0 Å². The van der Waals surface area contributed by atoms with E-state index in [2.05, 4.69) is 4.98 Å². The lowest BCUT2D eigenvalue weighted by molar-refractivity contribution is 0.617. The molecular weight excluding hydrogens is 241 g/mol. The van der Waals surface area contributed by atoms with Gasteiger partial charge in [-0.15, -0.1) is 0 Å². The zero-order valence-electron chi connectivity index (χ0n) is 10.8. The Morgan fingerprint density at radius 3 is 2.63 bits per heavy atom. The zero-order chi connectivity index (χ0) is 13.6. The van der Waals surface area contributed by atoms with E-state index in [0.29, 0.717) is 11.4 Å². The summed E-state index contributed by atoms with van der Waals surface area (Å²) in [6.07, 6.45) is 0. The number of halogens is 1. The van der Waals surface area contributed by atoms with Crippen LogP contribution in [0.5, 0.6) is 0 Å². The highest BCUT2D eigenvalue weighted by Crippen LogP contribution is 2.25. The molecule has 0 saturated carbocycles. The minimum absolute atomic E-state index is 0.251. The second-order valence-electron chi connectivity index (χ2n) is 4.70. The fourth-order valence-corrected chi connectivity index (χ4v) is 2.32. The van der Waals surface area contributed by atoms with Crippen molar-refractivity contribution in [3.8, 4) is 5.69 Å². The van der Waals surface area contributed by atoms with Gasteiger partial charge in [0.2, 0.25) is 0 Å². The summed E-state index contributed by atoms with van der Waals surface area (Å²) in [7, 11) is 0. The maximum absolute atomic E-state index is 14.1. The summed E-state index contributed by atoms with van der Waals surface area (Å²) in [6.45, 7) is 3.72. The Labute approximate surface area is 110 Å². The molecule has 3 nitrogen and oxygen atoms in total. The number of nitrogens with two attached hydrogens (primary N) is 1. The number of hydrogen-bond donors (Lipinski definition) is 1. The van der Waals surface area contributed by atoms with Crippen LogP contribution in [0.25, 0.3) is 16.7 Å². The molecule has 3 rings (SSSR count). The normalized spacial score (nSPS) is 11.1. The molecular formula is C15H14FN3. The highest BCUT2D eigenvalue weighted by Gasteiger charge is 2.12. The lowest BCUT2D eigenvalue weighted by atomic mass is 10.2. The van der Waals surface area contributed by atoms with Gasteiger partial charge in [0.1, 0.15) is 11.6 Å². The Morgan fingerprint density at radius 2 is 1.89 bits per heavy atom. The molecule has 2 aromatic carbocycles. The first-order chi connectivity index (χ1) is 9.06. The minimum atomic E-state index is -0.251. The summed E-state index contributed by atoms with van der Waals surface area (Å²) in [5, 5.41) is 0. The molecule has 0 radical (unpaired) electrons. The van der Waals surface area contributed by atoms with Crippen LogP contribution in [0, 0.1) is 19.7 Å². The van der Waals surface area contributed by atoms with Crippen molar-refractivity contribution in [3.05, 3.63) is 53.6 Å². The van der Waals surface area contributed by atoms with Crippen LogP contribution >= 0.6 is 0 Å². The molecule has 96 valence electrons. The molecule has 4 heteroatoms. The monoisotopic (exact) mass is 255 g/mol. The van der Waals surface area contributed by atoms with Gasteiger partial charge in [0.05, 0.1) is 16.7 Å². The van der Waals surface area contributed by atoms with Crippen LogP contribution < -0.4 is 5.73 Å². The fraction of sp³-hybridized carbons (Fsp3) is 0.133. The maximum atomic E-state index is 14.1. The molecule has 0 atom stereocenters. The molecule has 1 aromatic heterocycles. The average Bonchev–Trinajstić information content (AvgIpc) is 2.65. The van der Waals surface area contributed by atoms with E-state index in [4.69, 9.17) is 5.73 Å². The summed E-state index contributed by atoms with van der Waals surface area (Å²) in [6, 6.07) is 10.6. The van der Waals surface area contributed by atoms with Crippen LogP contribution in [0.1, 0.15) is 11.4 Å². The van der Waals surface area contributed by atoms with Crippen molar-refractivity contribution in [3.63, 3.8) is 0 Å². The largest absolute Gasteiger partial charge is 0.399 e. The maximum Gasteiger partial charge on any atom is 0.147 e. The predicted octanol–water partition coefficient (Wildman–Crippen LogP) is 3.36. The summed E-state index contributed by atoms with van der Waals surface area (Å²) < 4.78 is 15.9. The van der Waals surface area contributed by atoms with E-state index in [1.165, 1.54) is 6.07 Å². The Morgan fingerprint density at radius 1 is 1.11 bits per heavy atom. The Kier molecular flexibility index (Phi) is 2.52. The molecule has 2 N–H and O–H groups in total. The Bertz CT molecular complexity index is 774. The van der Waals surface area contributed by atoms with Crippen molar-refractivity contribution >= 4 is 16.7 Å². The minimum Gasteiger partial charge on any atom is -0.399 e. The number of aryl methyl sites for hydroxylation is 2. The van der Waals surface area contributed by atoms with Crippen LogP contribution in [0.15, 0.2) is 36.4 Å². The van der Waals surface area contributed by atoms with Gasteiger partial charge in [0.25, 0.3) is 0 Å².